The van der Waals surface area contributed by atoms with Crippen molar-refractivity contribution in [1.82, 2.24) is 10.2 Å². The molecular weight excluding hydrogens is 464 g/mol. The number of carboxylic acid groups (broad SMARTS) is 1. The molecule has 1 saturated heterocycles. The molecule has 0 spiro atoms. The topological polar surface area (TPSA) is 114 Å². The number of nitrogens with one attached hydrogen (secondary N) is 1. The molecule has 0 saturated carbocycles. The molecule has 0 bridgehead atoms. The summed E-state index contributed by atoms with van der Waals surface area (Å²) in [5, 5.41) is 11.7. The van der Waals surface area contributed by atoms with Crippen LogP contribution in [0.5, 0.6) is 0 Å². The summed E-state index contributed by atoms with van der Waals surface area (Å²) in [4.78, 5) is 37.7. The first-order chi connectivity index (χ1) is 17.1. The van der Waals surface area contributed by atoms with E-state index in [-0.39, 0.29) is 31.7 Å². The molecule has 2 N–H and O–H groups in total. The minimum atomic E-state index is -1.09. The average molecular weight is 497 g/mol. The van der Waals surface area contributed by atoms with Gasteiger partial charge in [-0.05, 0) is 49.4 Å². The van der Waals surface area contributed by atoms with Crippen LogP contribution in [0.3, 0.4) is 0 Å². The molecule has 2 aromatic carbocycles. The van der Waals surface area contributed by atoms with Gasteiger partial charge in [-0.25, -0.2) is 14.4 Å². The fourth-order valence-electron chi connectivity index (χ4n) is 4.81. The number of benzene rings is 2. The molecular formula is C27H32N2O7. The van der Waals surface area contributed by atoms with Crippen molar-refractivity contribution in [3.8, 4) is 11.1 Å². The summed E-state index contributed by atoms with van der Waals surface area (Å²) in [7, 11) is 0. The Morgan fingerprint density at radius 2 is 1.61 bits per heavy atom. The summed E-state index contributed by atoms with van der Waals surface area (Å²) in [6, 6.07) is 15.4. The normalized spacial score (nSPS) is 18.9. The number of nitrogens with zero attached hydrogens (tertiary/aromatic N) is 1. The van der Waals surface area contributed by atoms with Crippen molar-refractivity contribution >= 4 is 18.2 Å². The number of hydrogen-bond donors (Lipinski definition) is 2. The summed E-state index contributed by atoms with van der Waals surface area (Å²) in [5.41, 5.74) is 3.85. The molecule has 1 aliphatic heterocycles. The van der Waals surface area contributed by atoms with Crippen molar-refractivity contribution in [3.05, 3.63) is 59.7 Å². The van der Waals surface area contributed by atoms with Gasteiger partial charge < -0.3 is 29.5 Å². The quantitative estimate of drug-likeness (QED) is 0.595. The summed E-state index contributed by atoms with van der Waals surface area (Å²) in [6.07, 6.45) is -0.718. The SMILES string of the molecule is CC(C)(C)OC(=O)N1C[C@H](NC(=O)OCC2c3ccccc3-c3ccccc32)C[C@H]1COCC(=O)O. The molecule has 9 nitrogen and oxygen atoms in total. The number of carbonyl (C=O) groups excluding carboxylic acids is 2. The third kappa shape index (κ3) is 5.96. The Morgan fingerprint density at radius 3 is 2.19 bits per heavy atom. The monoisotopic (exact) mass is 496 g/mol. The molecule has 2 amide bonds. The molecule has 0 aromatic heterocycles. The predicted molar refractivity (Wildman–Crippen MR) is 132 cm³/mol. The molecule has 192 valence electrons. The minimum Gasteiger partial charge on any atom is -0.480 e. The molecule has 2 aliphatic rings. The molecule has 2 atom stereocenters. The van der Waals surface area contributed by atoms with Gasteiger partial charge in [-0.2, -0.15) is 0 Å². The van der Waals surface area contributed by atoms with Crippen LogP contribution < -0.4 is 5.32 Å². The average Bonchev–Trinajstić information content (AvgIpc) is 3.35. The van der Waals surface area contributed by atoms with E-state index in [1.54, 1.807) is 20.8 Å². The predicted octanol–water partition coefficient (Wildman–Crippen LogP) is 4.00. The van der Waals surface area contributed by atoms with Crippen molar-refractivity contribution in [2.24, 2.45) is 0 Å². The Bertz CT molecular complexity index is 1080. The highest BCUT2D eigenvalue weighted by molar-refractivity contribution is 5.79. The first-order valence-electron chi connectivity index (χ1n) is 12.0. The molecule has 9 heteroatoms. The van der Waals surface area contributed by atoms with Crippen molar-refractivity contribution in [2.45, 2.75) is 50.8 Å². The second kappa shape index (κ2) is 10.6. The molecule has 0 unspecified atom stereocenters. The lowest BCUT2D eigenvalue weighted by atomic mass is 9.98. The van der Waals surface area contributed by atoms with Crippen molar-refractivity contribution in [3.63, 3.8) is 0 Å². The van der Waals surface area contributed by atoms with Crippen LogP contribution in [-0.4, -0.2) is 72.2 Å². The molecule has 36 heavy (non-hydrogen) atoms. The smallest absolute Gasteiger partial charge is 0.410 e. The van der Waals surface area contributed by atoms with Crippen LogP contribution in [-0.2, 0) is 19.0 Å². The van der Waals surface area contributed by atoms with E-state index in [1.165, 1.54) is 4.90 Å². The Balaban J connectivity index is 1.37. The second-order valence-corrected chi connectivity index (χ2v) is 10.1. The first-order valence-corrected chi connectivity index (χ1v) is 12.0. The molecule has 1 aliphatic carbocycles. The zero-order valence-electron chi connectivity index (χ0n) is 20.7. The summed E-state index contributed by atoms with van der Waals surface area (Å²) >= 11 is 0. The minimum absolute atomic E-state index is 0.0222. The van der Waals surface area contributed by atoms with Gasteiger partial charge in [0.1, 0.15) is 18.8 Å². The number of rotatable bonds is 7. The van der Waals surface area contributed by atoms with E-state index in [0.29, 0.717) is 6.42 Å². The number of ether oxygens (including phenoxy) is 3. The van der Waals surface area contributed by atoms with Gasteiger partial charge in [0.15, 0.2) is 0 Å². The van der Waals surface area contributed by atoms with Crippen molar-refractivity contribution in [2.75, 3.05) is 26.4 Å². The largest absolute Gasteiger partial charge is 0.480 e. The van der Waals surface area contributed by atoms with Crippen LogP contribution in [0.2, 0.25) is 0 Å². The fraction of sp³-hybridized carbons (Fsp3) is 0.444. The van der Waals surface area contributed by atoms with E-state index < -0.39 is 36.4 Å². The van der Waals surface area contributed by atoms with E-state index in [1.807, 2.05) is 24.3 Å². The van der Waals surface area contributed by atoms with Crippen LogP contribution in [0.4, 0.5) is 9.59 Å². The fourth-order valence-corrected chi connectivity index (χ4v) is 4.81. The van der Waals surface area contributed by atoms with Gasteiger partial charge in [-0.3, -0.25) is 0 Å². The third-order valence-corrected chi connectivity index (χ3v) is 6.24. The third-order valence-electron chi connectivity index (χ3n) is 6.24. The van der Waals surface area contributed by atoms with Gasteiger partial charge in [-0.15, -0.1) is 0 Å². The van der Waals surface area contributed by atoms with E-state index in [4.69, 9.17) is 19.3 Å². The molecule has 1 heterocycles. The van der Waals surface area contributed by atoms with Crippen LogP contribution in [0, 0.1) is 0 Å². The van der Waals surface area contributed by atoms with E-state index in [9.17, 15) is 14.4 Å². The van der Waals surface area contributed by atoms with Gasteiger partial charge in [0.05, 0.1) is 18.7 Å². The number of alkyl carbamates (subject to hydrolysis) is 1. The second-order valence-electron chi connectivity index (χ2n) is 10.1. The van der Waals surface area contributed by atoms with Crippen LogP contribution in [0.15, 0.2) is 48.5 Å². The van der Waals surface area contributed by atoms with Crippen LogP contribution in [0.25, 0.3) is 11.1 Å². The molecule has 2 aromatic rings. The highest BCUT2D eigenvalue weighted by atomic mass is 16.6. The number of likely N-dealkylation sites (tertiary alicyclic amines) is 1. The van der Waals surface area contributed by atoms with Gasteiger partial charge in [0.2, 0.25) is 0 Å². The van der Waals surface area contributed by atoms with Gasteiger partial charge >= 0.3 is 18.2 Å². The zero-order valence-corrected chi connectivity index (χ0v) is 20.7. The van der Waals surface area contributed by atoms with Gasteiger partial charge in [-0.1, -0.05) is 48.5 Å². The lowest BCUT2D eigenvalue weighted by molar-refractivity contribution is -0.142. The summed E-state index contributed by atoms with van der Waals surface area (Å²) in [6.45, 7) is 5.25. The number of carboxylic acids is 1. The Labute approximate surface area is 210 Å². The number of fused-ring (bicyclic) bond motifs is 3. The van der Waals surface area contributed by atoms with E-state index >= 15 is 0 Å². The Morgan fingerprint density at radius 1 is 1.00 bits per heavy atom. The summed E-state index contributed by atoms with van der Waals surface area (Å²) < 4.78 is 16.3. The molecule has 0 radical (unpaired) electrons. The van der Waals surface area contributed by atoms with Crippen LogP contribution in [0.1, 0.15) is 44.2 Å². The highest BCUT2D eigenvalue weighted by Gasteiger charge is 2.39. The number of amides is 2. The van der Waals surface area contributed by atoms with E-state index in [0.717, 1.165) is 22.3 Å². The number of hydrogen-bond acceptors (Lipinski definition) is 6. The van der Waals surface area contributed by atoms with Gasteiger partial charge in [0.25, 0.3) is 0 Å². The molecule has 4 rings (SSSR count). The number of aliphatic carboxylic acids is 1. The van der Waals surface area contributed by atoms with Crippen molar-refractivity contribution in [1.29, 1.82) is 0 Å². The molecule has 1 fully saturated rings. The van der Waals surface area contributed by atoms with Crippen LogP contribution >= 0.6 is 0 Å². The maximum Gasteiger partial charge on any atom is 0.410 e. The lowest BCUT2D eigenvalue weighted by Crippen LogP contribution is -2.43. The first kappa shape index (κ1) is 25.5. The summed E-state index contributed by atoms with van der Waals surface area (Å²) in [5.74, 6) is -1.15. The lowest BCUT2D eigenvalue weighted by Gasteiger charge is -2.28. The van der Waals surface area contributed by atoms with E-state index in [2.05, 4.69) is 29.6 Å². The van der Waals surface area contributed by atoms with Gasteiger partial charge in [0, 0.05) is 12.5 Å². The maximum atomic E-state index is 12.7. The zero-order chi connectivity index (χ0) is 25.9. The number of carbonyl (C=O) groups is 3. The standard InChI is InChI=1S/C27H32N2O7/c1-27(2,3)36-26(33)29-13-17(12-18(29)14-34-16-24(30)31)28-25(32)35-15-23-21-10-6-4-8-19(21)20-9-5-7-11-22(20)23/h4-11,17-18,23H,12-16H2,1-3H3,(H,28,32)(H,30,31)/t17-,18+/m1/s1. The van der Waals surface area contributed by atoms with Crippen molar-refractivity contribution < 1.29 is 33.7 Å². The highest BCUT2D eigenvalue weighted by Crippen LogP contribution is 2.44. The Hall–Kier alpha value is -3.59. The maximum absolute atomic E-state index is 12.7. The Kier molecular flexibility index (Phi) is 7.49.